The summed E-state index contributed by atoms with van der Waals surface area (Å²) in [5, 5.41) is 93.7. The standard InChI is InChI=1S/C36H38O16/c1-16-33(52-27(41)11-4-17-2-7-19(37)8-3-17)30(44)32(46)35(48-16)47-15-26-28(42)29(43)31(45)36(51-26)50-25-14-22-23(40)12-21(39)13-24(22)49-34(25)18-5-9-20(38)10-6-18/h2-14,16,26,28-40,42-46H,15H2,1H3/p+1/b11-4+/t16-,26+,28+,29+,30+,31+,32+,33-,34?,35+,36+/m0/s1. The number of hydrogen-bond acceptors (Lipinski definition) is 15. The summed E-state index contributed by atoms with van der Waals surface area (Å²) in [7, 11) is 0. The van der Waals surface area contributed by atoms with Crippen LogP contribution in [0.1, 0.15) is 29.7 Å². The molecule has 6 rings (SSSR count). The normalized spacial score (nSPS) is 31.7. The summed E-state index contributed by atoms with van der Waals surface area (Å²) < 4.78 is 33.1. The lowest BCUT2D eigenvalue weighted by Crippen LogP contribution is -2.61. The highest BCUT2D eigenvalue weighted by Gasteiger charge is 2.49. The Bertz CT molecular complexity index is 1780. The van der Waals surface area contributed by atoms with Crippen LogP contribution in [0.2, 0.25) is 0 Å². The van der Waals surface area contributed by atoms with Crippen LogP contribution in [0.3, 0.4) is 0 Å². The smallest absolute Gasteiger partial charge is 0.331 e. The van der Waals surface area contributed by atoms with Gasteiger partial charge < -0.3 is 74.4 Å². The molecule has 3 heterocycles. The molecule has 0 aromatic heterocycles. The van der Waals surface area contributed by atoms with Crippen LogP contribution < -0.4 is 0 Å². The first kappa shape index (κ1) is 36.9. The molecule has 3 aromatic rings. The summed E-state index contributed by atoms with van der Waals surface area (Å²) in [5.41, 5.74) is 1.29. The highest BCUT2D eigenvalue weighted by molar-refractivity contribution is 5.87. The Kier molecular flexibility index (Phi) is 10.9. The maximum Gasteiger partial charge on any atom is 0.331 e. The van der Waals surface area contributed by atoms with Gasteiger partial charge in [0, 0.05) is 18.2 Å². The molecular weight excluding hydrogens is 688 g/mol. The van der Waals surface area contributed by atoms with Gasteiger partial charge in [0.15, 0.2) is 18.2 Å². The molecule has 3 aromatic carbocycles. The number of hydrogen-bond donors (Lipinski definition) is 9. The first-order valence-electron chi connectivity index (χ1n) is 16.2. The molecular formula is C36H39O16+. The van der Waals surface area contributed by atoms with Gasteiger partial charge in [0.05, 0.1) is 24.3 Å². The van der Waals surface area contributed by atoms with Gasteiger partial charge in [0.25, 0.3) is 11.9 Å². The summed E-state index contributed by atoms with van der Waals surface area (Å²) in [5.74, 6) is -1.09. The molecule has 16 heteroatoms. The van der Waals surface area contributed by atoms with E-state index >= 15 is 0 Å². The van der Waals surface area contributed by atoms with Crippen LogP contribution in [0.15, 0.2) is 72.5 Å². The number of phenols is 4. The molecule has 10 N–H and O–H groups in total. The molecule has 16 nitrogen and oxygen atoms in total. The molecule has 0 bridgehead atoms. The predicted octanol–water partition coefficient (Wildman–Crippen LogP) is 0.779. The number of carbonyl (C=O) groups excluding carboxylic acids is 1. The third-order valence-corrected chi connectivity index (χ3v) is 8.83. The Balaban J connectivity index is 1.12. The van der Waals surface area contributed by atoms with Crippen LogP contribution in [0, 0.1) is 0 Å². The van der Waals surface area contributed by atoms with Crippen molar-refractivity contribution in [2.45, 2.75) is 74.4 Å². The molecule has 11 atom stereocenters. The first-order chi connectivity index (χ1) is 24.8. The van der Waals surface area contributed by atoms with Crippen molar-refractivity contribution < 1.29 is 79.2 Å². The van der Waals surface area contributed by atoms with Crippen LogP contribution in [0.5, 0.6) is 28.7 Å². The van der Waals surface area contributed by atoms with Crippen molar-refractivity contribution >= 4 is 18.1 Å². The minimum Gasteiger partial charge on any atom is -0.571 e. The van der Waals surface area contributed by atoms with E-state index in [0.29, 0.717) is 11.1 Å². The van der Waals surface area contributed by atoms with Crippen LogP contribution in [0.4, 0.5) is 0 Å². The Morgan fingerprint density at radius 3 is 2.13 bits per heavy atom. The zero-order valence-corrected chi connectivity index (χ0v) is 27.5. The van der Waals surface area contributed by atoms with Crippen molar-refractivity contribution in [1.82, 2.24) is 0 Å². The summed E-state index contributed by atoms with van der Waals surface area (Å²) in [4.78, 5) is 12.5. The molecule has 0 aliphatic carbocycles. The van der Waals surface area contributed by atoms with E-state index in [9.17, 15) is 50.8 Å². The van der Waals surface area contributed by atoms with Gasteiger partial charge in [-0.2, -0.15) is 0 Å². The van der Waals surface area contributed by atoms with Crippen LogP contribution >= 0.6 is 0 Å². The first-order valence-corrected chi connectivity index (χ1v) is 16.2. The zero-order valence-electron chi connectivity index (χ0n) is 27.5. The Morgan fingerprint density at radius 2 is 1.44 bits per heavy atom. The lowest BCUT2D eigenvalue weighted by atomic mass is 9.98. The van der Waals surface area contributed by atoms with Gasteiger partial charge in [0.1, 0.15) is 65.2 Å². The lowest BCUT2D eigenvalue weighted by molar-refractivity contribution is -0.325. The second-order valence-corrected chi connectivity index (χ2v) is 12.6. The second-order valence-electron chi connectivity index (χ2n) is 12.6. The van der Waals surface area contributed by atoms with E-state index in [2.05, 4.69) is 4.74 Å². The van der Waals surface area contributed by atoms with E-state index in [-0.39, 0.29) is 40.1 Å². The molecule has 0 radical (unpaired) electrons. The lowest BCUT2D eigenvalue weighted by Gasteiger charge is -2.43. The monoisotopic (exact) mass is 727 g/mol. The minimum atomic E-state index is -1.81. The van der Waals surface area contributed by atoms with Gasteiger partial charge in [-0.1, -0.05) is 12.1 Å². The van der Waals surface area contributed by atoms with Crippen molar-refractivity contribution in [3.05, 3.63) is 89.2 Å². The van der Waals surface area contributed by atoms with Crippen molar-refractivity contribution in [1.29, 1.82) is 0 Å². The number of ether oxygens (including phenoxy) is 6. The molecule has 0 saturated carbocycles. The minimum absolute atomic E-state index is 0.0164. The van der Waals surface area contributed by atoms with Gasteiger partial charge in [-0.3, -0.25) is 0 Å². The molecule has 0 amide bonds. The summed E-state index contributed by atoms with van der Waals surface area (Å²) in [6.45, 7) is 0.938. The van der Waals surface area contributed by atoms with E-state index in [1.807, 2.05) is 0 Å². The number of carbonyl (C=O) groups is 1. The fraction of sp³-hybridized carbons (Fsp3) is 0.361. The average Bonchev–Trinajstić information content (AvgIpc) is 3.11. The van der Waals surface area contributed by atoms with E-state index < -0.39 is 80.1 Å². The van der Waals surface area contributed by atoms with E-state index in [4.69, 9.17) is 23.7 Å². The van der Waals surface area contributed by atoms with Gasteiger partial charge in [-0.15, -0.1) is 0 Å². The second kappa shape index (κ2) is 15.4. The Hall–Kier alpha value is -4.91. The molecule has 3 aliphatic heterocycles. The number of fused-ring (bicyclic) bond motifs is 1. The van der Waals surface area contributed by atoms with Crippen LogP contribution in [-0.4, -0.2) is 125 Å². The van der Waals surface area contributed by atoms with E-state index in [0.717, 1.165) is 12.1 Å². The quantitative estimate of drug-likeness (QED) is 0.0838. The maximum atomic E-state index is 12.5. The number of aromatic hydroxyl groups is 5. The number of aliphatic hydroxyl groups is 6. The van der Waals surface area contributed by atoms with Crippen molar-refractivity contribution in [2.75, 3.05) is 6.61 Å². The molecule has 2 fully saturated rings. The predicted molar refractivity (Wildman–Crippen MR) is 177 cm³/mol. The number of phenolic OH excluding ortho intramolecular Hbond substituents is 4. The fourth-order valence-electron chi connectivity index (χ4n) is 5.99. The van der Waals surface area contributed by atoms with Crippen LogP contribution in [0.25, 0.3) is 12.2 Å². The molecule has 2 saturated heterocycles. The molecule has 278 valence electrons. The number of rotatable bonds is 9. The largest absolute Gasteiger partial charge is 0.571 e. The summed E-state index contributed by atoms with van der Waals surface area (Å²) in [6, 6.07) is 14.4. The molecule has 52 heavy (non-hydrogen) atoms. The molecule has 3 aliphatic rings. The third kappa shape index (κ3) is 7.94. The number of esters is 1. The van der Waals surface area contributed by atoms with Gasteiger partial charge in [-0.05, 0) is 55.0 Å². The van der Waals surface area contributed by atoms with Crippen LogP contribution in [-0.2, 0) is 28.5 Å². The fourth-order valence-corrected chi connectivity index (χ4v) is 5.99. The summed E-state index contributed by atoms with van der Waals surface area (Å²) in [6.07, 6.45) is -12.4. The Morgan fingerprint density at radius 1 is 0.788 bits per heavy atom. The van der Waals surface area contributed by atoms with E-state index in [1.54, 1.807) is 24.3 Å². The van der Waals surface area contributed by atoms with Gasteiger partial charge >= 0.3 is 5.97 Å². The third-order valence-electron chi connectivity index (χ3n) is 8.83. The van der Waals surface area contributed by atoms with Crippen molar-refractivity contribution in [3.8, 4) is 28.7 Å². The topological polar surface area (TPSA) is 258 Å². The van der Waals surface area contributed by atoms with Gasteiger partial charge in [-0.25, -0.2) is 4.79 Å². The maximum absolute atomic E-state index is 12.5. The zero-order chi connectivity index (χ0) is 37.3. The van der Waals surface area contributed by atoms with Crippen molar-refractivity contribution in [2.24, 2.45) is 0 Å². The molecule has 1 unspecified atom stereocenters. The molecule has 0 spiro atoms. The van der Waals surface area contributed by atoms with Crippen molar-refractivity contribution in [3.63, 3.8) is 0 Å². The van der Waals surface area contributed by atoms with Gasteiger partial charge in [0.2, 0.25) is 6.29 Å². The highest BCUT2D eigenvalue weighted by Crippen LogP contribution is 2.45. The highest BCUT2D eigenvalue weighted by atomic mass is 16.7. The SMILES string of the molecule is C[C@@H]1O[C@@H](OC[C@H]2O[C@@H](OC3=Cc4c(O)cc(O)cc4[OH+]C3c3ccc(O)cc3)[C@H](O)[C@H](O)[C@@H]2O)[C@H](O)[C@@H](O)[C@H]1OC(=O)/C=C/c1ccc(O)cc1. The van der Waals surface area contributed by atoms with E-state index in [1.165, 1.54) is 49.4 Å². The average molecular weight is 728 g/mol. The number of benzene rings is 3. The Labute approximate surface area is 296 Å². The summed E-state index contributed by atoms with van der Waals surface area (Å²) >= 11 is 0. The number of aliphatic hydroxyl groups excluding tert-OH is 5.